The summed E-state index contributed by atoms with van der Waals surface area (Å²) in [6, 6.07) is -3.47. The quantitative estimate of drug-likeness (QED) is 0.876. The molecular formula is C16H21F3N6O2. The highest BCUT2D eigenvalue weighted by Gasteiger charge is 2.44. The van der Waals surface area contributed by atoms with Gasteiger partial charge in [-0.05, 0) is 12.8 Å². The number of likely N-dealkylation sites (tertiary alicyclic amines) is 1. The van der Waals surface area contributed by atoms with Crippen LogP contribution in [0.1, 0.15) is 55.0 Å². The maximum Gasteiger partial charge on any atom is 0.413 e. The molecule has 1 aliphatic heterocycles. The number of alkyl halides is 3. The zero-order chi connectivity index (χ0) is 19.6. The Kier molecular flexibility index (Phi) is 5.38. The lowest BCUT2D eigenvalue weighted by molar-refractivity contribution is -0.155. The molecule has 1 aliphatic rings. The van der Waals surface area contributed by atoms with Crippen LogP contribution in [0.25, 0.3) is 0 Å². The minimum absolute atomic E-state index is 0.125. The highest BCUT2D eigenvalue weighted by molar-refractivity contribution is 5.75. The van der Waals surface area contributed by atoms with Crippen molar-refractivity contribution in [1.82, 2.24) is 30.1 Å². The molecule has 0 aliphatic carbocycles. The number of hydrogen-bond acceptors (Lipinski definition) is 5. The maximum absolute atomic E-state index is 13.5. The van der Waals surface area contributed by atoms with Gasteiger partial charge in [0.25, 0.3) is 0 Å². The Bertz CT molecular complexity index is 787. The second-order valence-electron chi connectivity index (χ2n) is 6.60. The van der Waals surface area contributed by atoms with E-state index in [9.17, 15) is 18.0 Å². The topological polar surface area (TPSA) is 89.1 Å². The molecule has 2 amide bonds. The molecule has 0 aromatic carbocycles. The van der Waals surface area contributed by atoms with Crippen LogP contribution in [0.5, 0.6) is 0 Å². The van der Waals surface area contributed by atoms with Gasteiger partial charge in [-0.25, -0.2) is 4.79 Å². The highest BCUT2D eigenvalue weighted by atomic mass is 19.4. The van der Waals surface area contributed by atoms with E-state index in [4.69, 9.17) is 4.52 Å². The van der Waals surface area contributed by atoms with Gasteiger partial charge >= 0.3 is 12.2 Å². The molecule has 27 heavy (non-hydrogen) atoms. The minimum Gasteiger partial charge on any atom is -0.340 e. The summed E-state index contributed by atoms with van der Waals surface area (Å²) in [5, 5.41) is 9.74. The van der Waals surface area contributed by atoms with Crippen LogP contribution in [-0.2, 0) is 7.05 Å². The number of nitrogens with zero attached hydrogens (tertiary/aromatic N) is 5. The first-order valence-electron chi connectivity index (χ1n) is 8.68. The molecule has 0 spiro atoms. The van der Waals surface area contributed by atoms with Crippen molar-refractivity contribution in [2.24, 2.45) is 7.05 Å². The number of amides is 2. The van der Waals surface area contributed by atoms with Crippen LogP contribution in [-0.4, -0.2) is 43.6 Å². The largest absolute Gasteiger partial charge is 0.413 e. The average Bonchev–Trinajstić information content (AvgIpc) is 3.12. The third-order valence-corrected chi connectivity index (χ3v) is 4.51. The summed E-state index contributed by atoms with van der Waals surface area (Å²) in [5.41, 5.74) is -0.125. The number of aryl methyl sites for hydroxylation is 2. The van der Waals surface area contributed by atoms with Gasteiger partial charge in [-0.15, -0.1) is 0 Å². The molecule has 1 N–H and O–H groups in total. The van der Waals surface area contributed by atoms with Crippen molar-refractivity contribution in [1.29, 1.82) is 0 Å². The zero-order valence-corrected chi connectivity index (χ0v) is 15.0. The number of nitrogens with one attached hydrogen (secondary N) is 1. The number of rotatable bonds is 3. The normalized spacial score (nSPS) is 19.6. The Morgan fingerprint density at radius 1 is 1.37 bits per heavy atom. The highest BCUT2D eigenvalue weighted by Crippen LogP contribution is 2.34. The Balaban J connectivity index is 1.84. The fourth-order valence-corrected chi connectivity index (χ4v) is 3.22. The number of carbonyl (C=O) groups excluding carboxylic acids is 1. The van der Waals surface area contributed by atoms with E-state index in [2.05, 4.69) is 20.6 Å². The van der Waals surface area contributed by atoms with E-state index in [1.807, 2.05) is 0 Å². The number of carbonyl (C=O) groups is 1. The molecule has 0 saturated carbocycles. The Hall–Kier alpha value is -2.59. The summed E-state index contributed by atoms with van der Waals surface area (Å²) >= 11 is 0. The monoisotopic (exact) mass is 386 g/mol. The third kappa shape index (κ3) is 4.40. The van der Waals surface area contributed by atoms with E-state index in [0.717, 1.165) is 19.0 Å². The van der Waals surface area contributed by atoms with Crippen LogP contribution in [0.2, 0.25) is 0 Å². The molecule has 3 rings (SSSR count). The molecule has 3 heterocycles. The summed E-state index contributed by atoms with van der Waals surface area (Å²) in [7, 11) is 1.52. The molecule has 11 heteroatoms. The number of urea groups is 1. The van der Waals surface area contributed by atoms with Crippen molar-refractivity contribution in [2.75, 3.05) is 6.54 Å². The molecule has 2 aromatic heterocycles. The number of hydrogen-bond donors (Lipinski definition) is 1. The van der Waals surface area contributed by atoms with Gasteiger partial charge in [0.15, 0.2) is 11.9 Å². The van der Waals surface area contributed by atoms with Gasteiger partial charge in [-0.2, -0.15) is 23.3 Å². The van der Waals surface area contributed by atoms with Crippen LogP contribution in [0.15, 0.2) is 16.9 Å². The Morgan fingerprint density at radius 2 is 2.15 bits per heavy atom. The summed E-state index contributed by atoms with van der Waals surface area (Å²) in [4.78, 5) is 18.3. The van der Waals surface area contributed by atoms with Gasteiger partial charge in [-0.3, -0.25) is 4.68 Å². The molecule has 2 aromatic rings. The molecule has 0 bridgehead atoms. The molecule has 1 saturated heterocycles. The molecular weight excluding hydrogens is 365 g/mol. The van der Waals surface area contributed by atoms with Gasteiger partial charge < -0.3 is 14.7 Å². The fourth-order valence-electron chi connectivity index (χ4n) is 3.22. The summed E-state index contributed by atoms with van der Waals surface area (Å²) in [6.07, 6.45) is 0.653. The van der Waals surface area contributed by atoms with Crippen molar-refractivity contribution in [2.45, 2.75) is 50.9 Å². The molecule has 0 radical (unpaired) electrons. The van der Waals surface area contributed by atoms with Gasteiger partial charge in [-0.1, -0.05) is 18.0 Å². The van der Waals surface area contributed by atoms with E-state index in [0.29, 0.717) is 31.1 Å². The van der Waals surface area contributed by atoms with Crippen LogP contribution in [0.3, 0.4) is 0 Å². The van der Waals surface area contributed by atoms with E-state index >= 15 is 0 Å². The van der Waals surface area contributed by atoms with Gasteiger partial charge in [0.1, 0.15) is 0 Å². The van der Waals surface area contributed by atoms with Crippen LogP contribution < -0.4 is 5.32 Å². The van der Waals surface area contributed by atoms with E-state index in [1.54, 1.807) is 6.92 Å². The van der Waals surface area contributed by atoms with Gasteiger partial charge in [0.2, 0.25) is 5.89 Å². The first kappa shape index (κ1) is 19.2. The lowest BCUT2D eigenvalue weighted by atomic mass is 10.1. The zero-order valence-electron chi connectivity index (χ0n) is 15.0. The summed E-state index contributed by atoms with van der Waals surface area (Å²) in [6.45, 7) is 1.95. The van der Waals surface area contributed by atoms with Crippen molar-refractivity contribution in [3.05, 3.63) is 29.7 Å². The smallest absolute Gasteiger partial charge is 0.340 e. The van der Waals surface area contributed by atoms with E-state index < -0.39 is 24.3 Å². The molecule has 2 atom stereocenters. The number of aromatic nitrogens is 4. The van der Waals surface area contributed by atoms with Crippen molar-refractivity contribution < 1.29 is 22.5 Å². The van der Waals surface area contributed by atoms with Crippen LogP contribution in [0.4, 0.5) is 18.0 Å². The third-order valence-electron chi connectivity index (χ3n) is 4.51. The second kappa shape index (κ2) is 7.57. The first-order valence-corrected chi connectivity index (χ1v) is 8.68. The van der Waals surface area contributed by atoms with Crippen molar-refractivity contribution >= 4 is 6.03 Å². The van der Waals surface area contributed by atoms with Crippen molar-refractivity contribution in [3.8, 4) is 0 Å². The van der Waals surface area contributed by atoms with Gasteiger partial charge in [0.05, 0.1) is 12.2 Å². The van der Waals surface area contributed by atoms with E-state index in [-0.39, 0.29) is 5.56 Å². The lowest BCUT2D eigenvalue weighted by Gasteiger charge is -2.30. The summed E-state index contributed by atoms with van der Waals surface area (Å²) in [5.74, 6) is 0.660. The molecule has 1 fully saturated rings. The SMILES string of the molecule is Cc1nc(C2CCCCCN2C(=O)NC(c2cnn(C)c2)C(F)(F)F)no1. The maximum atomic E-state index is 13.5. The molecule has 8 nitrogen and oxygen atoms in total. The minimum atomic E-state index is -4.65. The van der Waals surface area contributed by atoms with Crippen molar-refractivity contribution in [3.63, 3.8) is 0 Å². The standard InChI is InChI=1S/C16H21F3N6O2/c1-10-21-14(23-27-10)12-6-4-3-5-7-25(12)15(26)22-13(16(17,18)19)11-8-20-24(2)9-11/h8-9,12-13H,3-7H2,1-2H3,(H,22,26). The van der Waals surface area contributed by atoms with E-state index in [1.165, 1.54) is 22.8 Å². The predicted octanol–water partition coefficient (Wildman–Crippen LogP) is 3.04. The molecule has 148 valence electrons. The van der Waals surface area contributed by atoms with Crippen LogP contribution in [0, 0.1) is 6.92 Å². The fraction of sp³-hybridized carbons (Fsp3) is 0.625. The molecule has 2 unspecified atom stereocenters. The Morgan fingerprint density at radius 3 is 2.74 bits per heavy atom. The average molecular weight is 386 g/mol. The first-order chi connectivity index (χ1) is 12.8. The number of halogens is 3. The predicted molar refractivity (Wildman–Crippen MR) is 87.5 cm³/mol. The summed E-state index contributed by atoms with van der Waals surface area (Å²) < 4.78 is 46.9. The second-order valence-corrected chi connectivity index (χ2v) is 6.60. The Labute approximate surface area is 153 Å². The van der Waals surface area contributed by atoms with Crippen LogP contribution >= 0.6 is 0 Å². The van der Waals surface area contributed by atoms with Gasteiger partial charge in [0, 0.05) is 32.3 Å². The lowest BCUT2D eigenvalue weighted by Crippen LogP contribution is -2.47.